The number of allylic oxidation sites excluding steroid dienone is 1. The molecular weight excluding hydrogens is 316 g/mol. The Morgan fingerprint density at radius 3 is 2.20 bits per heavy atom. The first-order valence-corrected chi connectivity index (χ1v) is 10.1. The lowest BCUT2D eigenvalue weighted by Crippen LogP contribution is -2.21. The van der Waals surface area contributed by atoms with Gasteiger partial charge in [0.1, 0.15) is 6.10 Å². The van der Waals surface area contributed by atoms with Gasteiger partial charge in [-0.1, -0.05) is 64.4 Å². The van der Waals surface area contributed by atoms with Gasteiger partial charge in [0.25, 0.3) is 0 Å². The van der Waals surface area contributed by atoms with Crippen molar-refractivity contribution in [3.05, 3.63) is 12.7 Å². The number of esters is 1. The smallest absolute Gasteiger partial charge is 0.307 e. The predicted molar refractivity (Wildman–Crippen MR) is 103 cm³/mol. The van der Waals surface area contributed by atoms with Gasteiger partial charge in [0, 0.05) is 6.42 Å². The van der Waals surface area contributed by atoms with E-state index in [0.29, 0.717) is 12.8 Å². The fourth-order valence-corrected chi connectivity index (χ4v) is 2.88. The van der Waals surface area contributed by atoms with Crippen LogP contribution in [0.15, 0.2) is 12.7 Å². The molecule has 0 saturated heterocycles. The Bertz CT molecular complexity index is 352. The molecule has 4 heteroatoms. The van der Waals surface area contributed by atoms with Gasteiger partial charge in [-0.05, 0) is 32.1 Å². The second-order valence-corrected chi connectivity index (χ2v) is 6.86. The lowest BCUT2D eigenvalue weighted by Gasteiger charge is -2.16. The minimum atomic E-state index is -0.897. The van der Waals surface area contributed by atoms with Crippen LogP contribution >= 0.6 is 0 Å². The summed E-state index contributed by atoms with van der Waals surface area (Å²) in [6.45, 7) is 5.88. The maximum Gasteiger partial charge on any atom is 0.307 e. The fourth-order valence-electron chi connectivity index (χ4n) is 2.88. The molecule has 0 saturated carbocycles. The van der Waals surface area contributed by atoms with Crippen molar-refractivity contribution >= 4 is 11.9 Å². The van der Waals surface area contributed by atoms with E-state index in [4.69, 9.17) is 9.84 Å². The minimum Gasteiger partial charge on any atom is -0.481 e. The fraction of sp³-hybridized carbons (Fsp3) is 0.810. The first kappa shape index (κ1) is 23.7. The highest BCUT2D eigenvalue weighted by Gasteiger charge is 2.17. The standard InChI is InChI=1S/C21H38O4/c1-3-5-7-9-10-11-13-15-17-21(24)25-19(18-20(22)23)16-14-12-8-6-4-2/h3,19H,1,4-18H2,2H3,(H,22,23). The van der Waals surface area contributed by atoms with Gasteiger partial charge in [-0.3, -0.25) is 9.59 Å². The third-order valence-electron chi connectivity index (χ3n) is 4.37. The number of carbonyl (C=O) groups is 2. The van der Waals surface area contributed by atoms with E-state index in [1.54, 1.807) is 0 Å². The largest absolute Gasteiger partial charge is 0.481 e. The van der Waals surface area contributed by atoms with Crippen molar-refractivity contribution in [3.63, 3.8) is 0 Å². The molecule has 0 bridgehead atoms. The Balaban J connectivity index is 3.81. The van der Waals surface area contributed by atoms with Gasteiger partial charge in [-0.15, -0.1) is 6.58 Å². The molecule has 146 valence electrons. The third kappa shape index (κ3) is 17.3. The average Bonchev–Trinajstić information content (AvgIpc) is 2.56. The highest BCUT2D eigenvalue weighted by molar-refractivity contribution is 5.71. The van der Waals surface area contributed by atoms with Gasteiger partial charge >= 0.3 is 11.9 Å². The summed E-state index contributed by atoms with van der Waals surface area (Å²) in [6, 6.07) is 0. The molecule has 0 rings (SSSR count). The molecule has 0 aromatic rings. The van der Waals surface area contributed by atoms with Gasteiger partial charge in [0.05, 0.1) is 6.42 Å². The van der Waals surface area contributed by atoms with Crippen LogP contribution in [0.1, 0.15) is 103 Å². The first-order chi connectivity index (χ1) is 12.1. The summed E-state index contributed by atoms with van der Waals surface area (Å²) in [5.41, 5.74) is 0. The molecule has 0 aliphatic heterocycles. The number of carbonyl (C=O) groups excluding carboxylic acids is 1. The summed E-state index contributed by atoms with van der Waals surface area (Å²) < 4.78 is 5.40. The van der Waals surface area contributed by atoms with E-state index in [-0.39, 0.29) is 12.4 Å². The molecule has 0 aromatic carbocycles. The van der Waals surface area contributed by atoms with Crippen LogP contribution < -0.4 is 0 Å². The van der Waals surface area contributed by atoms with E-state index in [9.17, 15) is 9.59 Å². The molecular formula is C21H38O4. The van der Waals surface area contributed by atoms with Gasteiger partial charge in [0.2, 0.25) is 0 Å². The summed E-state index contributed by atoms with van der Waals surface area (Å²) in [6.07, 6.45) is 15.7. The molecule has 0 aliphatic rings. The summed E-state index contributed by atoms with van der Waals surface area (Å²) in [7, 11) is 0. The topological polar surface area (TPSA) is 63.6 Å². The number of carboxylic acids is 1. The molecule has 0 spiro atoms. The van der Waals surface area contributed by atoms with E-state index in [1.807, 2.05) is 6.08 Å². The number of hydrogen-bond donors (Lipinski definition) is 1. The monoisotopic (exact) mass is 354 g/mol. The van der Waals surface area contributed by atoms with Gasteiger partial charge in [0.15, 0.2) is 0 Å². The van der Waals surface area contributed by atoms with Crippen LogP contribution in [-0.4, -0.2) is 23.1 Å². The van der Waals surface area contributed by atoms with E-state index in [2.05, 4.69) is 13.5 Å². The Morgan fingerprint density at radius 1 is 0.960 bits per heavy atom. The zero-order valence-electron chi connectivity index (χ0n) is 16.1. The average molecular weight is 355 g/mol. The number of ether oxygens (including phenoxy) is 1. The Kier molecular flexibility index (Phi) is 16.6. The van der Waals surface area contributed by atoms with Gasteiger partial charge in [-0.2, -0.15) is 0 Å². The molecule has 0 aromatic heterocycles. The van der Waals surface area contributed by atoms with Crippen molar-refractivity contribution in [2.24, 2.45) is 0 Å². The number of unbranched alkanes of at least 4 members (excludes halogenated alkanes) is 10. The molecule has 4 nitrogen and oxygen atoms in total. The van der Waals surface area contributed by atoms with E-state index in [1.165, 1.54) is 32.1 Å². The second kappa shape index (κ2) is 17.5. The molecule has 1 unspecified atom stereocenters. The van der Waals surface area contributed by atoms with Crippen LogP contribution in [0.3, 0.4) is 0 Å². The van der Waals surface area contributed by atoms with Crippen molar-refractivity contribution in [3.8, 4) is 0 Å². The zero-order valence-corrected chi connectivity index (χ0v) is 16.1. The highest BCUT2D eigenvalue weighted by Crippen LogP contribution is 2.15. The summed E-state index contributed by atoms with van der Waals surface area (Å²) in [5.74, 6) is -1.14. The van der Waals surface area contributed by atoms with Crippen LogP contribution in [0.5, 0.6) is 0 Å². The van der Waals surface area contributed by atoms with Crippen LogP contribution in [0.2, 0.25) is 0 Å². The highest BCUT2D eigenvalue weighted by atomic mass is 16.5. The quantitative estimate of drug-likeness (QED) is 0.185. The van der Waals surface area contributed by atoms with Crippen molar-refractivity contribution in [1.82, 2.24) is 0 Å². The molecule has 0 heterocycles. The van der Waals surface area contributed by atoms with Crippen molar-refractivity contribution in [1.29, 1.82) is 0 Å². The normalized spacial score (nSPS) is 11.9. The predicted octanol–water partition coefficient (Wildman–Crippen LogP) is 6.04. The second-order valence-electron chi connectivity index (χ2n) is 6.86. The minimum absolute atomic E-state index is 0.0805. The van der Waals surface area contributed by atoms with Crippen LogP contribution in [-0.2, 0) is 14.3 Å². The number of carboxylic acid groups (broad SMARTS) is 1. The molecule has 0 amide bonds. The van der Waals surface area contributed by atoms with Crippen molar-refractivity contribution in [2.45, 2.75) is 109 Å². The van der Waals surface area contributed by atoms with Crippen molar-refractivity contribution < 1.29 is 19.4 Å². The maximum atomic E-state index is 11.9. The SMILES string of the molecule is C=CCCCCCCCCC(=O)OC(CCCCCCC)CC(=O)O. The lowest BCUT2D eigenvalue weighted by atomic mass is 10.1. The number of aliphatic carboxylic acids is 1. The Labute approximate surface area is 154 Å². The van der Waals surface area contributed by atoms with E-state index >= 15 is 0 Å². The first-order valence-electron chi connectivity index (χ1n) is 10.1. The molecule has 0 aliphatic carbocycles. The Morgan fingerprint density at radius 2 is 1.56 bits per heavy atom. The van der Waals surface area contributed by atoms with Crippen molar-refractivity contribution in [2.75, 3.05) is 0 Å². The van der Waals surface area contributed by atoms with Crippen LogP contribution in [0, 0.1) is 0 Å². The number of hydrogen-bond acceptors (Lipinski definition) is 3. The van der Waals surface area contributed by atoms with Gasteiger partial charge in [-0.25, -0.2) is 0 Å². The number of rotatable bonds is 18. The van der Waals surface area contributed by atoms with E-state index < -0.39 is 12.1 Å². The molecule has 0 fully saturated rings. The molecule has 1 N–H and O–H groups in total. The van der Waals surface area contributed by atoms with E-state index in [0.717, 1.165) is 44.9 Å². The molecule has 0 radical (unpaired) electrons. The maximum absolute atomic E-state index is 11.9. The zero-order chi connectivity index (χ0) is 18.8. The lowest BCUT2D eigenvalue weighted by molar-refractivity contribution is -0.153. The molecule has 1 atom stereocenters. The summed E-state index contributed by atoms with van der Waals surface area (Å²) in [5, 5.41) is 8.97. The summed E-state index contributed by atoms with van der Waals surface area (Å²) >= 11 is 0. The summed E-state index contributed by atoms with van der Waals surface area (Å²) in [4.78, 5) is 22.9. The Hall–Kier alpha value is -1.32. The molecule has 25 heavy (non-hydrogen) atoms. The third-order valence-corrected chi connectivity index (χ3v) is 4.37. The van der Waals surface area contributed by atoms with Crippen LogP contribution in [0.4, 0.5) is 0 Å². The van der Waals surface area contributed by atoms with Gasteiger partial charge < -0.3 is 9.84 Å². The van der Waals surface area contributed by atoms with Crippen LogP contribution in [0.25, 0.3) is 0 Å².